The highest BCUT2D eigenvalue weighted by Gasteiger charge is 2.42. The highest BCUT2D eigenvalue weighted by atomic mass is 16.5. The van der Waals surface area contributed by atoms with Crippen LogP contribution in [0.2, 0.25) is 0 Å². The van der Waals surface area contributed by atoms with Gasteiger partial charge in [-0.2, -0.15) is 0 Å². The molecule has 3 nitrogen and oxygen atoms in total. The molecule has 0 spiro atoms. The molecule has 2 rings (SSSR count). The predicted octanol–water partition coefficient (Wildman–Crippen LogP) is 9.66. The van der Waals surface area contributed by atoms with Gasteiger partial charge in [-0.1, -0.05) is 142 Å². The number of hydrogen-bond donors (Lipinski definition) is 2. The van der Waals surface area contributed by atoms with Gasteiger partial charge in [0.1, 0.15) is 0 Å². The lowest BCUT2D eigenvalue weighted by Crippen LogP contribution is -2.47. The summed E-state index contributed by atoms with van der Waals surface area (Å²) < 4.78 is 7.40. The fourth-order valence-electron chi connectivity index (χ4n) is 6.47. The molecule has 0 aromatic rings. The monoisotopic (exact) mass is 496 g/mol. The molecule has 0 radical (unpaired) electrons. The molecule has 2 saturated carbocycles. The molecule has 0 aromatic heterocycles. The van der Waals surface area contributed by atoms with Gasteiger partial charge in [0.15, 0.2) is 0 Å². The maximum Gasteiger partial charge on any atom is 0.0690 e. The summed E-state index contributed by atoms with van der Waals surface area (Å²) in [6.07, 6.45) is 36.5. The smallest absolute Gasteiger partial charge is 0.0690 e. The van der Waals surface area contributed by atoms with Gasteiger partial charge in [0, 0.05) is 0 Å². The Morgan fingerprint density at radius 2 is 0.771 bits per heavy atom. The molecule has 0 saturated heterocycles. The van der Waals surface area contributed by atoms with Crippen LogP contribution < -0.4 is 0 Å². The molecular weight excluding hydrogens is 432 g/mol. The Balaban J connectivity index is 0.00000142. The van der Waals surface area contributed by atoms with Crippen molar-refractivity contribution >= 4 is 0 Å². The number of rotatable bonds is 19. The molecule has 35 heavy (non-hydrogen) atoms. The summed E-state index contributed by atoms with van der Waals surface area (Å²) in [7, 11) is 0. The van der Waals surface area contributed by atoms with Crippen molar-refractivity contribution in [1.82, 2.24) is 0 Å². The summed E-state index contributed by atoms with van der Waals surface area (Å²) >= 11 is 0. The lowest BCUT2D eigenvalue weighted by atomic mass is 9.76. The van der Waals surface area contributed by atoms with Gasteiger partial charge in [-0.3, -0.25) is 0 Å². The largest absolute Gasteiger partial charge is 0.394 e. The van der Waals surface area contributed by atoms with Gasteiger partial charge in [-0.25, -0.2) is 0 Å². The second kappa shape index (κ2) is 21.9. The van der Waals surface area contributed by atoms with E-state index in [4.69, 9.17) is 14.9 Å². The molecule has 0 amide bonds. The van der Waals surface area contributed by atoms with Crippen LogP contribution in [0.5, 0.6) is 0 Å². The Labute approximate surface area is 220 Å². The van der Waals surface area contributed by atoms with E-state index in [1.807, 2.05) is 0 Å². The fourth-order valence-corrected chi connectivity index (χ4v) is 6.47. The van der Waals surface area contributed by atoms with E-state index in [0.717, 1.165) is 0 Å². The van der Waals surface area contributed by atoms with Gasteiger partial charge >= 0.3 is 0 Å². The lowest BCUT2D eigenvalue weighted by Gasteiger charge is -2.48. The van der Waals surface area contributed by atoms with Crippen molar-refractivity contribution in [2.45, 2.75) is 192 Å². The van der Waals surface area contributed by atoms with E-state index < -0.39 is 0 Å². The molecule has 210 valence electrons. The third kappa shape index (κ3) is 15.7. The maximum absolute atomic E-state index is 7.62. The summed E-state index contributed by atoms with van der Waals surface area (Å²) in [6, 6.07) is 0. The van der Waals surface area contributed by atoms with E-state index in [1.54, 1.807) is 0 Å². The quantitative estimate of drug-likeness (QED) is 0.175. The number of aliphatic hydroxyl groups excluding tert-OH is 2. The number of aliphatic hydroxyl groups is 2. The van der Waals surface area contributed by atoms with Crippen LogP contribution in [0.4, 0.5) is 0 Å². The molecule has 2 aliphatic carbocycles. The Morgan fingerprint density at radius 1 is 0.457 bits per heavy atom. The van der Waals surface area contributed by atoms with Crippen molar-refractivity contribution in [3.05, 3.63) is 0 Å². The zero-order chi connectivity index (χ0) is 25.5. The Hall–Kier alpha value is -0.120. The average Bonchev–Trinajstić information content (AvgIpc) is 2.89. The SMILES string of the molecule is CCCCCCCCCC1(OC2(CCCCCCCCC)CCCCC2)CCCCC1.OCCO. The summed E-state index contributed by atoms with van der Waals surface area (Å²) in [5.41, 5.74) is 0.472. The molecule has 0 aromatic carbocycles. The van der Waals surface area contributed by atoms with E-state index >= 15 is 0 Å². The lowest BCUT2D eigenvalue weighted by molar-refractivity contribution is -0.192. The van der Waals surface area contributed by atoms with E-state index in [9.17, 15) is 0 Å². The van der Waals surface area contributed by atoms with Crippen LogP contribution in [-0.4, -0.2) is 34.6 Å². The minimum absolute atomic E-state index is 0.125. The van der Waals surface area contributed by atoms with E-state index in [0.29, 0.717) is 0 Å². The van der Waals surface area contributed by atoms with Crippen molar-refractivity contribution in [1.29, 1.82) is 0 Å². The van der Waals surface area contributed by atoms with Crippen LogP contribution in [0.1, 0.15) is 181 Å². The Bertz CT molecular complexity index is 398. The van der Waals surface area contributed by atoms with Gasteiger partial charge in [-0.15, -0.1) is 0 Å². The van der Waals surface area contributed by atoms with Gasteiger partial charge in [-0.05, 0) is 38.5 Å². The van der Waals surface area contributed by atoms with Gasteiger partial charge < -0.3 is 14.9 Å². The maximum atomic E-state index is 7.62. The van der Waals surface area contributed by atoms with Crippen molar-refractivity contribution in [2.24, 2.45) is 0 Å². The van der Waals surface area contributed by atoms with E-state index in [2.05, 4.69) is 13.8 Å². The van der Waals surface area contributed by atoms with Crippen molar-refractivity contribution < 1.29 is 14.9 Å². The predicted molar refractivity (Wildman–Crippen MR) is 152 cm³/mol. The molecule has 2 fully saturated rings. The molecular formula is C32H64O3. The van der Waals surface area contributed by atoms with Gasteiger partial charge in [0.2, 0.25) is 0 Å². The normalized spacial score (nSPS) is 19.2. The average molecular weight is 497 g/mol. The molecule has 0 atom stereocenters. The molecule has 2 aliphatic rings. The number of unbranched alkanes of at least 4 members (excludes halogenated alkanes) is 12. The van der Waals surface area contributed by atoms with Crippen LogP contribution in [-0.2, 0) is 4.74 Å². The van der Waals surface area contributed by atoms with Crippen molar-refractivity contribution in [2.75, 3.05) is 13.2 Å². The van der Waals surface area contributed by atoms with E-state index in [1.165, 1.54) is 167 Å². The Kier molecular flexibility index (Phi) is 20.6. The van der Waals surface area contributed by atoms with Crippen molar-refractivity contribution in [3.8, 4) is 0 Å². The van der Waals surface area contributed by atoms with Gasteiger partial charge in [0.05, 0.1) is 24.4 Å². The number of hydrogen-bond acceptors (Lipinski definition) is 3. The number of ether oxygens (including phenoxy) is 1. The third-order valence-electron chi connectivity index (χ3n) is 8.53. The summed E-state index contributed by atoms with van der Waals surface area (Å²) in [5.74, 6) is 0. The van der Waals surface area contributed by atoms with Crippen molar-refractivity contribution in [3.63, 3.8) is 0 Å². The zero-order valence-electron chi connectivity index (χ0n) is 24.1. The highest BCUT2D eigenvalue weighted by Crippen LogP contribution is 2.45. The highest BCUT2D eigenvalue weighted by molar-refractivity contribution is 4.93. The first-order chi connectivity index (χ1) is 17.2. The first-order valence-electron chi connectivity index (χ1n) is 16.1. The minimum Gasteiger partial charge on any atom is -0.394 e. The summed E-state index contributed by atoms with van der Waals surface area (Å²) in [5, 5.41) is 15.2. The van der Waals surface area contributed by atoms with Crippen LogP contribution in [0.15, 0.2) is 0 Å². The Morgan fingerprint density at radius 3 is 1.09 bits per heavy atom. The van der Waals surface area contributed by atoms with Crippen LogP contribution in [0, 0.1) is 0 Å². The summed E-state index contributed by atoms with van der Waals surface area (Å²) in [6.45, 7) is 4.38. The van der Waals surface area contributed by atoms with Gasteiger partial charge in [0.25, 0.3) is 0 Å². The molecule has 2 N–H and O–H groups in total. The molecule has 0 aliphatic heterocycles. The first kappa shape index (κ1) is 32.9. The second-order valence-electron chi connectivity index (χ2n) is 11.8. The van der Waals surface area contributed by atoms with Crippen LogP contribution in [0.3, 0.4) is 0 Å². The summed E-state index contributed by atoms with van der Waals surface area (Å²) in [4.78, 5) is 0. The third-order valence-corrected chi connectivity index (χ3v) is 8.53. The topological polar surface area (TPSA) is 49.7 Å². The van der Waals surface area contributed by atoms with Crippen LogP contribution >= 0.6 is 0 Å². The molecule has 0 unspecified atom stereocenters. The second-order valence-corrected chi connectivity index (χ2v) is 11.8. The molecule has 0 bridgehead atoms. The standard InChI is InChI=1S/C30H58O.C2H6O2/c1-3-5-7-9-11-13-17-23-29(25-19-15-20-26-29)31-30(27-21-16-22-28-30)24-18-14-12-10-8-6-4-2;3-1-2-4/h3-28H2,1-2H3;3-4H,1-2H2. The molecule has 3 heteroatoms. The first-order valence-corrected chi connectivity index (χ1v) is 16.1. The molecule has 0 heterocycles. The minimum atomic E-state index is -0.125. The fraction of sp³-hybridized carbons (Fsp3) is 1.00. The van der Waals surface area contributed by atoms with Crippen LogP contribution in [0.25, 0.3) is 0 Å². The zero-order valence-corrected chi connectivity index (χ0v) is 24.1. The van der Waals surface area contributed by atoms with E-state index in [-0.39, 0.29) is 24.4 Å².